The number of ether oxygens (including phenoxy) is 4. The summed E-state index contributed by atoms with van der Waals surface area (Å²) in [6.07, 6.45) is 0.295. The van der Waals surface area contributed by atoms with E-state index in [1.54, 1.807) is 72.8 Å². The number of fused-ring (bicyclic) bond motifs is 3. The van der Waals surface area contributed by atoms with Crippen molar-refractivity contribution in [3.63, 3.8) is 0 Å². The van der Waals surface area contributed by atoms with Gasteiger partial charge in [0.2, 0.25) is 13.0 Å². The van der Waals surface area contributed by atoms with Gasteiger partial charge in [-0.25, -0.2) is 19.7 Å². The molecule has 0 bridgehead atoms. The van der Waals surface area contributed by atoms with Crippen molar-refractivity contribution in [3.8, 4) is 51.2 Å². The van der Waals surface area contributed by atoms with Gasteiger partial charge in [0.25, 0.3) is 24.2 Å². The van der Waals surface area contributed by atoms with Gasteiger partial charge in [0.15, 0.2) is 0 Å². The standard InChI is InChI=1S/C21H21FN2O4.C21H19FN2O3.C21H20FNO5/c1-12(2)27-17-9-16-18(8-14(17)10-24-11-25)28-20(19(16)21(26)23-3)13-4-6-15(22)7-5-13;1-12(2)26-17-10-16-18(9-14(17)11-23-3)27-20(19(16)21(25)24-4)13-5-7-15(22)8-6-13;1-12(2)27-17-9-16-18(8-14(17)10-26-11-24)28-20(19(16)21(25)23-3)13-4-6-15(22)7-5-13/h4-9,11-12H,10H2,1-3H3,(H,23,26)(H,24,25);5-10,12H,11H2,1-2,4H3,(H,24,25);4-9,11-12H,10H2,1-3H3,(H,23,25). The van der Waals surface area contributed by atoms with Gasteiger partial charge in [-0.1, -0.05) is 0 Å². The van der Waals surface area contributed by atoms with Crippen molar-refractivity contribution < 1.29 is 69.3 Å². The van der Waals surface area contributed by atoms with Crippen LogP contribution < -0.4 is 35.5 Å². The number of hydrogen-bond donors (Lipinski definition) is 4. The van der Waals surface area contributed by atoms with Gasteiger partial charge >= 0.3 is 0 Å². The molecule has 83 heavy (non-hydrogen) atoms. The summed E-state index contributed by atoms with van der Waals surface area (Å²) in [6, 6.07) is 27.5. The molecule has 0 unspecified atom stereocenters. The molecule has 0 aliphatic carbocycles. The molecule has 0 radical (unpaired) electrons. The molecule has 0 aliphatic rings. The zero-order valence-electron chi connectivity index (χ0n) is 46.9. The van der Waals surface area contributed by atoms with Gasteiger partial charge < -0.3 is 58.3 Å². The van der Waals surface area contributed by atoms with Crippen LogP contribution in [0.2, 0.25) is 0 Å². The second-order valence-corrected chi connectivity index (χ2v) is 19.3. The Kier molecular flexibility index (Phi) is 20.0. The molecule has 430 valence electrons. The molecule has 4 amide bonds. The van der Waals surface area contributed by atoms with Crippen LogP contribution in [0.3, 0.4) is 0 Å². The summed E-state index contributed by atoms with van der Waals surface area (Å²) in [5.41, 5.74) is 6.13. The average Bonchev–Trinajstić information content (AvgIpc) is 4.23. The summed E-state index contributed by atoms with van der Waals surface area (Å²) in [5, 5.41) is 12.2. The van der Waals surface area contributed by atoms with Crippen LogP contribution in [-0.4, -0.2) is 70.1 Å². The third kappa shape index (κ3) is 14.3. The molecule has 17 nitrogen and oxygen atoms in total. The quantitative estimate of drug-likeness (QED) is 0.0440. The summed E-state index contributed by atoms with van der Waals surface area (Å²) >= 11 is 0. The minimum Gasteiger partial charge on any atom is -0.491 e. The fourth-order valence-electron chi connectivity index (χ4n) is 8.79. The van der Waals surface area contributed by atoms with Crippen LogP contribution in [0.5, 0.6) is 17.2 Å². The summed E-state index contributed by atoms with van der Waals surface area (Å²) in [5.74, 6) is 0.462. The van der Waals surface area contributed by atoms with Crippen molar-refractivity contribution in [2.75, 3.05) is 21.1 Å². The van der Waals surface area contributed by atoms with Crippen LogP contribution in [0.1, 0.15) is 89.3 Å². The molecule has 0 fully saturated rings. The van der Waals surface area contributed by atoms with Crippen molar-refractivity contribution in [1.82, 2.24) is 21.3 Å². The third-order valence-corrected chi connectivity index (χ3v) is 12.3. The van der Waals surface area contributed by atoms with Gasteiger partial charge in [-0.3, -0.25) is 24.0 Å². The lowest BCUT2D eigenvalue weighted by molar-refractivity contribution is -0.129. The summed E-state index contributed by atoms with van der Waals surface area (Å²) in [6.45, 7) is 19.2. The zero-order valence-corrected chi connectivity index (χ0v) is 46.9. The van der Waals surface area contributed by atoms with E-state index in [0.29, 0.717) is 125 Å². The number of carbonyl (C=O) groups is 5. The van der Waals surface area contributed by atoms with E-state index in [4.69, 9.17) is 38.8 Å². The Balaban J connectivity index is 0.000000179. The highest BCUT2D eigenvalue weighted by molar-refractivity contribution is 6.13. The number of benzene rings is 6. The van der Waals surface area contributed by atoms with Gasteiger partial charge in [0, 0.05) is 71.7 Å². The molecule has 0 atom stereocenters. The highest BCUT2D eigenvalue weighted by atomic mass is 19.1. The summed E-state index contributed by atoms with van der Waals surface area (Å²) < 4.78 is 80.2. The molecule has 4 N–H and O–H groups in total. The first-order valence-corrected chi connectivity index (χ1v) is 26.1. The molecule has 20 heteroatoms. The number of hydrogen-bond acceptors (Lipinski definition) is 12. The first-order valence-electron chi connectivity index (χ1n) is 26.1. The Morgan fingerprint density at radius 2 is 0.843 bits per heavy atom. The number of nitrogens with one attached hydrogen (secondary N) is 4. The molecule has 3 aromatic heterocycles. The molecule has 0 saturated carbocycles. The van der Waals surface area contributed by atoms with E-state index in [1.807, 2.05) is 41.5 Å². The Bertz CT molecular complexity index is 3680. The lowest BCUT2D eigenvalue weighted by Crippen LogP contribution is -2.18. The number of nitrogens with zero attached hydrogens (tertiary/aromatic N) is 1. The number of rotatable bonds is 19. The number of amides is 4. The maximum atomic E-state index is 13.3. The van der Waals surface area contributed by atoms with Crippen molar-refractivity contribution in [1.29, 1.82) is 0 Å². The van der Waals surface area contributed by atoms with Crippen LogP contribution >= 0.6 is 0 Å². The monoisotopic (exact) mass is 1140 g/mol. The Hall–Kier alpha value is -10.0. The van der Waals surface area contributed by atoms with E-state index < -0.39 is 0 Å². The molecule has 6 aromatic carbocycles. The minimum absolute atomic E-state index is 0.00336. The second-order valence-electron chi connectivity index (χ2n) is 19.3. The fraction of sp³-hybridized carbons (Fsp3) is 0.238. The number of carbonyl (C=O) groups excluding carboxylic acids is 5. The van der Waals surface area contributed by atoms with Crippen molar-refractivity contribution in [2.24, 2.45) is 0 Å². The Labute approximate surface area is 475 Å². The van der Waals surface area contributed by atoms with Gasteiger partial charge in [-0.15, -0.1) is 0 Å². The fourth-order valence-corrected chi connectivity index (χ4v) is 8.79. The predicted octanol–water partition coefficient (Wildman–Crippen LogP) is 12.5. The van der Waals surface area contributed by atoms with Crippen LogP contribution in [0.25, 0.3) is 71.7 Å². The Morgan fingerprint density at radius 3 is 1.16 bits per heavy atom. The normalized spacial score (nSPS) is 10.9. The van der Waals surface area contributed by atoms with Crippen LogP contribution in [0.15, 0.2) is 122 Å². The maximum absolute atomic E-state index is 13.3. The van der Waals surface area contributed by atoms with Crippen molar-refractivity contribution in [2.45, 2.75) is 79.6 Å². The van der Waals surface area contributed by atoms with Crippen LogP contribution in [-0.2, 0) is 34.0 Å². The van der Waals surface area contributed by atoms with Crippen LogP contribution in [0.4, 0.5) is 13.2 Å². The molecule has 9 rings (SSSR count). The predicted molar refractivity (Wildman–Crippen MR) is 306 cm³/mol. The molecular formula is C63H60F3N5O12. The van der Waals surface area contributed by atoms with Gasteiger partial charge in [-0.2, -0.15) is 0 Å². The Morgan fingerprint density at radius 1 is 0.518 bits per heavy atom. The summed E-state index contributed by atoms with van der Waals surface area (Å²) in [7, 11) is 4.59. The number of furan rings is 3. The zero-order chi connectivity index (χ0) is 60.1. The second kappa shape index (κ2) is 27.4. The van der Waals surface area contributed by atoms with Gasteiger partial charge in [-0.05, 0) is 151 Å². The molecular weight excluding hydrogens is 1080 g/mol. The van der Waals surface area contributed by atoms with E-state index in [0.717, 1.165) is 5.56 Å². The molecule has 0 aliphatic heterocycles. The van der Waals surface area contributed by atoms with E-state index in [-0.39, 0.29) is 73.2 Å². The van der Waals surface area contributed by atoms with E-state index >= 15 is 0 Å². The minimum atomic E-state index is -0.387. The van der Waals surface area contributed by atoms with Gasteiger partial charge in [0.05, 0.1) is 40.6 Å². The molecule has 9 aromatic rings. The first-order chi connectivity index (χ1) is 39.8. The van der Waals surface area contributed by atoms with Crippen molar-refractivity contribution >= 4 is 63.5 Å². The largest absolute Gasteiger partial charge is 0.491 e. The highest BCUT2D eigenvalue weighted by Crippen LogP contribution is 2.41. The molecule has 3 heterocycles. The lowest BCUT2D eigenvalue weighted by atomic mass is 10.0. The maximum Gasteiger partial charge on any atom is 0.293 e. The number of halogens is 3. The highest BCUT2D eigenvalue weighted by Gasteiger charge is 2.27. The third-order valence-electron chi connectivity index (χ3n) is 12.3. The topological polar surface area (TPSA) is 214 Å². The smallest absolute Gasteiger partial charge is 0.293 e. The summed E-state index contributed by atoms with van der Waals surface area (Å²) in [4.78, 5) is 62.5. The van der Waals surface area contributed by atoms with Gasteiger partial charge in [0.1, 0.15) is 75.3 Å². The SMILES string of the molecule is CNC(=O)c1c(-c2ccc(F)cc2)oc2cc(CNC=O)c(OC(C)C)cc12.CNC(=O)c1c(-c2ccc(F)cc2)oc2cc(COC=O)c(OC(C)C)cc12.[C-]#[N+]Cc1cc2oc(-c3ccc(F)cc3)c(C(=O)NC)c2cc1OC(C)C. The lowest BCUT2D eigenvalue weighted by Gasteiger charge is -2.14. The van der Waals surface area contributed by atoms with Crippen LogP contribution in [0, 0.1) is 24.0 Å². The van der Waals surface area contributed by atoms with E-state index in [9.17, 15) is 37.1 Å². The average molecular weight is 1140 g/mol. The van der Waals surface area contributed by atoms with Crippen molar-refractivity contribution in [3.05, 3.63) is 171 Å². The van der Waals surface area contributed by atoms with E-state index in [2.05, 4.69) is 26.1 Å². The molecule has 0 saturated heterocycles. The first kappa shape index (κ1) is 60.6. The molecule has 0 spiro atoms. The van der Waals surface area contributed by atoms with E-state index in [1.165, 1.54) is 57.5 Å².